The minimum absolute atomic E-state index is 0.119. The molecule has 1 amide bonds. The van der Waals surface area contributed by atoms with Crippen molar-refractivity contribution in [3.8, 4) is 0 Å². The molecule has 128 valence electrons. The van der Waals surface area contributed by atoms with E-state index in [1.807, 2.05) is 0 Å². The normalized spacial score (nSPS) is 10.6. The van der Waals surface area contributed by atoms with E-state index in [4.69, 9.17) is 0 Å². The van der Waals surface area contributed by atoms with Crippen LogP contribution in [-0.2, 0) is 10.5 Å². The number of hydrogen-bond acceptors (Lipinski definition) is 3. The molecule has 2 aromatic rings. The standard InChI is InChI=1S/C20H25NOS2/c1-15-4-6-19(7-5-15)24-9-8-21-20(22)14-23-13-18-11-16(2)10-17(3)12-18/h4-7,10-12H,8-9,13-14H2,1-3H3,(H,21,22). The molecule has 0 heterocycles. The van der Waals surface area contributed by atoms with Gasteiger partial charge in [0, 0.05) is 22.9 Å². The Bertz CT molecular complexity index is 648. The highest BCUT2D eigenvalue weighted by Crippen LogP contribution is 2.18. The minimum atomic E-state index is 0.119. The highest BCUT2D eigenvalue weighted by Gasteiger charge is 2.03. The summed E-state index contributed by atoms with van der Waals surface area (Å²) in [6.07, 6.45) is 0. The summed E-state index contributed by atoms with van der Waals surface area (Å²) in [4.78, 5) is 13.1. The first-order chi connectivity index (χ1) is 11.5. The molecule has 0 saturated heterocycles. The van der Waals surface area contributed by atoms with E-state index in [1.54, 1.807) is 23.5 Å². The van der Waals surface area contributed by atoms with Crippen LogP contribution in [0.5, 0.6) is 0 Å². The quantitative estimate of drug-likeness (QED) is 0.544. The second-order valence-corrected chi connectivity index (χ2v) is 8.15. The Hall–Kier alpha value is -1.39. The van der Waals surface area contributed by atoms with Crippen molar-refractivity contribution in [1.29, 1.82) is 0 Å². The molecule has 0 spiro atoms. The van der Waals surface area contributed by atoms with Crippen molar-refractivity contribution < 1.29 is 4.79 Å². The van der Waals surface area contributed by atoms with Crippen molar-refractivity contribution in [1.82, 2.24) is 5.32 Å². The van der Waals surface area contributed by atoms with E-state index >= 15 is 0 Å². The van der Waals surface area contributed by atoms with Crippen molar-refractivity contribution in [2.24, 2.45) is 0 Å². The minimum Gasteiger partial charge on any atom is -0.355 e. The maximum absolute atomic E-state index is 11.9. The van der Waals surface area contributed by atoms with Crippen LogP contribution in [0.25, 0.3) is 0 Å². The maximum Gasteiger partial charge on any atom is 0.230 e. The average molecular weight is 360 g/mol. The van der Waals surface area contributed by atoms with Gasteiger partial charge in [-0.15, -0.1) is 23.5 Å². The van der Waals surface area contributed by atoms with Crippen LogP contribution in [0, 0.1) is 20.8 Å². The van der Waals surface area contributed by atoms with Crippen LogP contribution in [0.2, 0.25) is 0 Å². The fourth-order valence-corrected chi connectivity index (χ4v) is 4.02. The van der Waals surface area contributed by atoms with Crippen LogP contribution in [0.4, 0.5) is 0 Å². The van der Waals surface area contributed by atoms with Crippen LogP contribution in [0.1, 0.15) is 22.3 Å². The van der Waals surface area contributed by atoms with E-state index in [-0.39, 0.29) is 5.91 Å². The molecule has 4 heteroatoms. The lowest BCUT2D eigenvalue weighted by Crippen LogP contribution is -2.27. The van der Waals surface area contributed by atoms with Gasteiger partial charge < -0.3 is 5.32 Å². The lowest BCUT2D eigenvalue weighted by Gasteiger charge is -2.07. The molecule has 0 aliphatic rings. The average Bonchev–Trinajstić information content (AvgIpc) is 2.52. The van der Waals surface area contributed by atoms with Crippen molar-refractivity contribution in [2.75, 3.05) is 18.1 Å². The Morgan fingerprint density at radius 2 is 1.62 bits per heavy atom. The van der Waals surface area contributed by atoms with Crippen LogP contribution in [0.15, 0.2) is 47.4 Å². The number of thioether (sulfide) groups is 2. The van der Waals surface area contributed by atoms with E-state index in [0.29, 0.717) is 12.3 Å². The zero-order chi connectivity index (χ0) is 17.4. The third kappa shape index (κ3) is 7.02. The Morgan fingerprint density at radius 1 is 0.958 bits per heavy atom. The number of rotatable bonds is 8. The van der Waals surface area contributed by atoms with Crippen LogP contribution in [-0.4, -0.2) is 24.0 Å². The summed E-state index contributed by atoms with van der Waals surface area (Å²) in [5, 5.41) is 2.99. The van der Waals surface area contributed by atoms with Gasteiger partial charge in [0.05, 0.1) is 5.75 Å². The zero-order valence-corrected chi connectivity index (χ0v) is 16.2. The van der Waals surface area contributed by atoms with E-state index in [9.17, 15) is 4.79 Å². The lowest BCUT2D eigenvalue weighted by atomic mass is 10.1. The summed E-state index contributed by atoms with van der Waals surface area (Å²) in [7, 11) is 0. The molecule has 0 aromatic heterocycles. The van der Waals surface area contributed by atoms with Gasteiger partial charge in [-0.05, 0) is 38.5 Å². The van der Waals surface area contributed by atoms with Gasteiger partial charge in [0.2, 0.25) is 5.91 Å². The van der Waals surface area contributed by atoms with Crippen molar-refractivity contribution in [2.45, 2.75) is 31.4 Å². The molecule has 2 aromatic carbocycles. The zero-order valence-electron chi connectivity index (χ0n) is 14.6. The molecule has 0 atom stereocenters. The molecule has 1 N–H and O–H groups in total. The second-order valence-electron chi connectivity index (χ2n) is 6.00. The van der Waals surface area contributed by atoms with Crippen molar-refractivity contribution in [3.63, 3.8) is 0 Å². The highest BCUT2D eigenvalue weighted by molar-refractivity contribution is 7.99. The van der Waals surface area contributed by atoms with Gasteiger partial charge in [-0.2, -0.15) is 0 Å². The lowest BCUT2D eigenvalue weighted by molar-refractivity contribution is -0.118. The fourth-order valence-electron chi connectivity index (χ4n) is 2.46. The topological polar surface area (TPSA) is 29.1 Å². The second kappa shape index (κ2) is 9.80. The van der Waals surface area contributed by atoms with Gasteiger partial charge in [-0.3, -0.25) is 4.79 Å². The smallest absolute Gasteiger partial charge is 0.230 e. The number of carbonyl (C=O) groups excluding carboxylic acids is 1. The fraction of sp³-hybridized carbons (Fsp3) is 0.350. The summed E-state index contributed by atoms with van der Waals surface area (Å²) in [6, 6.07) is 15.0. The first kappa shape index (κ1) is 18.9. The van der Waals surface area contributed by atoms with Gasteiger partial charge in [-0.25, -0.2) is 0 Å². The Labute approximate surface area is 153 Å². The van der Waals surface area contributed by atoms with Gasteiger partial charge in [0.25, 0.3) is 0 Å². The van der Waals surface area contributed by atoms with Gasteiger partial charge >= 0.3 is 0 Å². The van der Waals surface area contributed by atoms with Crippen molar-refractivity contribution >= 4 is 29.4 Å². The number of aryl methyl sites for hydroxylation is 3. The predicted molar refractivity (Wildman–Crippen MR) is 107 cm³/mol. The summed E-state index contributed by atoms with van der Waals surface area (Å²) in [5.41, 5.74) is 5.13. The first-order valence-electron chi connectivity index (χ1n) is 8.14. The molecule has 0 unspecified atom stereocenters. The highest BCUT2D eigenvalue weighted by atomic mass is 32.2. The molecule has 0 radical (unpaired) electrons. The third-order valence-electron chi connectivity index (χ3n) is 3.50. The van der Waals surface area contributed by atoms with Gasteiger partial charge in [-0.1, -0.05) is 47.0 Å². The molecular formula is C20H25NOS2. The molecule has 0 fully saturated rings. The van der Waals surface area contributed by atoms with E-state index in [2.05, 4.69) is 68.6 Å². The first-order valence-corrected chi connectivity index (χ1v) is 10.3. The SMILES string of the molecule is Cc1ccc(SCCNC(=O)CSCc2cc(C)cc(C)c2)cc1. The number of nitrogens with one attached hydrogen (secondary N) is 1. The van der Waals surface area contributed by atoms with Gasteiger partial charge in [0.15, 0.2) is 0 Å². The van der Waals surface area contributed by atoms with Crippen LogP contribution >= 0.6 is 23.5 Å². The number of hydrogen-bond donors (Lipinski definition) is 1. The monoisotopic (exact) mass is 359 g/mol. The molecule has 24 heavy (non-hydrogen) atoms. The molecule has 0 saturated carbocycles. The number of benzene rings is 2. The molecule has 0 aliphatic carbocycles. The molecule has 0 aliphatic heterocycles. The largest absolute Gasteiger partial charge is 0.355 e. The summed E-state index contributed by atoms with van der Waals surface area (Å²) in [6.45, 7) is 7.02. The molecular weight excluding hydrogens is 334 g/mol. The Balaban J connectivity index is 1.60. The number of amides is 1. The molecule has 2 nitrogen and oxygen atoms in total. The summed E-state index contributed by atoms with van der Waals surface area (Å²) < 4.78 is 0. The summed E-state index contributed by atoms with van der Waals surface area (Å²) >= 11 is 3.44. The van der Waals surface area contributed by atoms with E-state index in [1.165, 1.54) is 27.1 Å². The van der Waals surface area contributed by atoms with E-state index in [0.717, 1.165) is 11.5 Å². The predicted octanol–water partition coefficient (Wildman–Crippen LogP) is 4.75. The maximum atomic E-state index is 11.9. The van der Waals surface area contributed by atoms with Crippen LogP contribution < -0.4 is 5.32 Å². The van der Waals surface area contributed by atoms with Crippen LogP contribution in [0.3, 0.4) is 0 Å². The summed E-state index contributed by atoms with van der Waals surface area (Å²) in [5.74, 6) is 2.42. The van der Waals surface area contributed by atoms with E-state index < -0.39 is 0 Å². The Morgan fingerprint density at radius 3 is 2.29 bits per heavy atom. The number of carbonyl (C=O) groups is 1. The van der Waals surface area contributed by atoms with Gasteiger partial charge in [0.1, 0.15) is 0 Å². The molecule has 2 rings (SSSR count). The van der Waals surface area contributed by atoms with Crippen molar-refractivity contribution in [3.05, 3.63) is 64.7 Å². The third-order valence-corrected chi connectivity index (χ3v) is 5.51. The Kier molecular flexibility index (Phi) is 7.73. The molecule has 0 bridgehead atoms.